The van der Waals surface area contributed by atoms with E-state index >= 15 is 0 Å². The van der Waals surface area contributed by atoms with E-state index in [1.54, 1.807) is 24.4 Å². The number of hydrogen-bond donors (Lipinski definition) is 1. The fourth-order valence-corrected chi connectivity index (χ4v) is 2.68. The van der Waals surface area contributed by atoms with Crippen LogP contribution in [0.2, 0.25) is 0 Å². The van der Waals surface area contributed by atoms with Crippen molar-refractivity contribution >= 4 is 5.91 Å². The summed E-state index contributed by atoms with van der Waals surface area (Å²) in [6.07, 6.45) is 4.37. The van der Waals surface area contributed by atoms with E-state index in [1.807, 2.05) is 24.4 Å². The van der Waals surface area contributed by atoms with Crippen LogP contribution in [-0.2, 0) is 24.2 Å². The Morgan fingerprint density at radius 1 is 1.08 bits per heavy atom. The van der Waals surface area contributed by atoms with Crippen molar-refractivity contribution in [3.05, 3.63) is 89.8 Å². The maximum absolute atomic E-state index is 13.6. The van der Waals surface area contributed by atoms with Gasteiger partial charge in [0.2, 0.25) is 5.91 Å². The van der Waals surface area contributed by atoms with Gasteiger partial charge in [-0.05, 0) is 17.2 Å². The van der Waals surface area contributed by atoms with Crippen molar-refractivity contribution in [2.75, 3.05) is 6.54 Å². The van der Waals surface area contributed by atoms with Crippen molar-refractivity contribution in [2.45, 2.75) is 19.4 Å². The van der Waals surface area contributed by atoms with E-state index in [0.29, 0.717) is 18.5 Å². The largest absolute Gasteiger partial charge is 0.355 e. The number of carbonyl (C=O) groups is 1. The molecule has 3 aromatic rings. The van der Waals surface area contributed by atoms with Crippen LogP contribution in [-0.4, -0.2) is 22.0 Å². The van der Waals surface area contributed by atoms with Crippen molar-refractivity contribution < 1.29 is 9.18 Å². The Labute approximate surface area is 146 Å². The zero-order valence-corrected chi connectivity index (χ0v) is 13.9. The van der Waals surface area contributed by atoms with Crippen molar-refractivity contribution in [1.29, 1.82) is 0 Å². The minimum absolute atomic E-state index is 0.0468. The van der Waals surface area contributed by atoms with Crippen molar-refractivity contribution in [3.8, 4) is 0 Å². The SMILES string of the molecule is O=C(Cc1ccccc1F)NCCc1nccn1Cc1ccccc1. The van der Waals surface area contributed by atoms with Crippen LogP contribution in [0.5, 0.6) is 0 Å². The lowest BCUT2D eigenvalue weighted by atomic mass is 10.1. The molecule has 0 aliphatic carbocycles. The van der Waals surface area contributed by atoms with E-state index < -0.39 is 0 Å². The van der Waals surface area contributed by atoms with Gasteiger partial charge >= 0.3 is 0 Å². The summed E-state index contributed by atoms with van der Waals surface area (Å²) in [5.41, 5.74) is 1.61. The fraction of sp³-hybridized carbons (Fsp3) is 0.200. The van der Waals surface area contributed by atoms with E-state index in [1.165, 1.54) is 11.6 Å². The molecular weight excluding hydrogens is 317 g/mol. The van der Waals surface area contributed by atoms with Gasteiger partial charge < -0.3 is 9.88 Å². The summed E-state index contributed by atoms with van der Waals surface area (Å²) < 4.78 is 15.6. The molecule has 0 unspecified atom stereocenters. The van der Waals surface area contributed by atoms with E-state index in [9.17, 15) is 9.18 Å². The molecule has 0 spiro atoms. The third kappa shape index (κ3) is 4.76. The Morgan fingerprint density at radius 3 is 2.64 bits per heavy atom. The number of benzene rings is 2. The van der Waals surface area contributed by atoms with E-state index in [-0.39, 0.29) is 18.1 Å². The normalized spacial score (nSPS) is 10.6. The zero-order valence-electron chi connectivity index (χ0n) is 13.9. The second-order valence-corrected chi connectivity index (χ2v) is 5.83. The molecule has 0 aliphatic heterocycles. The first-order chi connectivity index (χ1) is 12.2. The number of carbonyl (C=O) groups excluding carboxylic acids is 1. The summed E-state index contributed by atoms with van der Waals surface area (Å²) in [5.74, 6) is 0.373. The molecule has 0 atom stereocenters. The molecule has 0 fully saturated rings. The molecule has 4 nitrogen and oxygen atoms in total. The van der Waals surface area contributed by atoms with Gasteiger partial charge in [-0.15, -0.1) is 0 Å². The molecule has 1 aromatic heterocycles. The van der Waals surface area contributed by atoms with Crippen LogP contribution in [0.4, 0.5) is 4.39 Å². The third-order valence-corrected chi connectivity index (χ3v) is 3.98. The number of nitrogens with one attached hydrogen (secondary N) is 1. The molecule has 2 aromatic carbocycles. The molecule has 0 saturated carbocycles. The summed E-state index contributed by atoms with van der Waals surface area (Å²) in [5, 5.41) is 2.83. The molecular formula is C20H20FN3O. The molecule has 25 heavy (non-hydrogen) atoms. The number of halogens is 1. The van der Waals surface area contributed by atoms with Gasteiger partial charge in [0.05, 0.1) is 6.42 Å². The minimum atomic E-state index is -0.351. The quantitative estimate of drug-likeness (QED) is 0.720. The van der Waals surface area contributed by atoms with Crippen LogP contribution in [0.3, 0.4) is 0 Å². The molecule has 0 radical (unpaired) electrons. The molecule has 1 amide bonds. The van der Waals surface area contributed by atoms with E-state index in [0.717, 1.165) is 12.4 Å². The first-order valence-electron chi connectivity index (χ1n) is 8.26. The zero-order chi connectivity index (χ0) is 17.5. The highest BCUT2D eigenvalue weighted by Gasteiger charge is 2.08. The van der Waals surface area contributed by atoms with Gasteiger partial charge in [-0.1, -0.05) is 48.5 Å². The topological polar surface area (TPSA) is 46.9 Å². The van der Waals surface area contributed by atoms with Gasteiger partial charge in [0.15, 0.2) is 0 Å². The molecule has 3 rings (SSSR count). The number of hydrogen-bond acceptors (Lipinski definition) is 2. The number of aromatic nitrogens is 2. The maximum atomic E-state index is 13.6. The lowest BCUT2D eigenvalue weighted by Crippen LogP contribution is -2.28. The predicted octanol–water partition coefficient (Wildman–Crippen LogP) is 2.97. The summed E-state index contributed by atoms with van der Waals surface area (Å²) >= 11 is 0. The van der Waals surface area contributed by atoms with Crippen LogP contribution in [0.25, 0.3) is 0 Å². The first kappa shape index (κ1) is 16.9. The molecule has 1 heterocycles. The lowest BCUT2D eigenvalue weighted by molar-refractivity contribution is -0.120. The Kier molecular flexibility index (Phi) is 5.57. The molecule has 1 N–H and O–H groups in total. The molecule has 128 valence electrons. The van der Waals surface area contributed by atoms with Gasteiger partial charge in [0.1, 0.15) is 11.6 Å². The number of nitrogens with zero attached hydrogens (tertiary/aromatic N) is 2. The van der Waals surface area contributed by atoms with Crippen molar-refractivity contribution in [2.24, 2.45) is 0 Å². The van der Waals surface area contributed by atoms with Crippen molar-refractivity contribution in [1.82, 2.24) is 14.9 Å². The Bertz CT molecular complexity index is 830. The number of imidazole rings is 1. The summed E-state index contributed by atoms with van der Waals surface area (Å²) in [6.45, 7) is 1.22. The van der Waals surface area contributed by atoms with Crippen LogP contribution < -0.4 is 5.32 Å². The summed E-state index contributed by atoms with van der Waals surface area (Å²) in [7, 11) is 0. The smallest absolute Gasteiger partial charge is 0.224 e. The van der Waals surface area contributed by atoms with Crippen LogP contribution >= 0.6 is 0 Å². The van der Waals surface area contributed by atoms with Gasteiger partial charge in [-0.2, -0.15) is 0 Å². The van der Waals surface area contributed by atoms with Crippen LogP contribution in [0.1, 0.15) is 17.0 Å². The highest BCUT2D eigenvalue weighted by atomic mass is 19.1. The second kappa shape index (κ2) is 8.24. The molecule has 5 heteroatoms. The highest BCUT2D eigenvalue weighted by molar-refractivity contribution is 5.78. The Balaban J connectivity index is 1.50. The Hall–Kier alpha value is -2.95. The van der Waals surface area contributed by atoms with Gasteiger partial charge in [0, 0.05) is 31.9 Å². The van der Waals surface area contributed by atoms with Crippen molar-refractivity contribution in [3.63, 3.8) is 0 Å². The van der Waals surface area contributed by atoms with E-state index in [4.69, 9.17) is 0 Å². The molecule has 0 aliphatic rings. The fourth-order valence-electron chi connectivity index (χ4n) is 2.68. The standard InChI is InChI=1S/C20H20FN3O/c21-18-9-5-4-8-17(18)14-20(25)23-11-10-19-22-12-13-24(19)15-16-6-2-1-3-7-16/h1-9,12-13H,10-11,14-15H2,(H,23,25). The predicted molar refractivity (Wildman–Crippen MR) is 94.6 cm³/mol. The first-order valence-corrected chi connectivity index (χ1v) is 8.26. The number of rotatable bonds is 7. The van der Waals surface area contributed by atoms with Gasteiger partial charge in [0.25, 0.3) is 0 Å². The van der Waals surface area contributed by atoms with Gasteiger partial charge in [-0.25, -0.2) is 9.37 Å². The average molecular weight is 337 g/mol. The average Bonchev–Trinajstić information content (AvgIpc) is 3.05. The second-order valence-electron chi connectivity index (χ2n) is 5.83. The lowest BCUT2D eigenvalue weighted by Gasteiger charge is -2.09. The molecule has 0 saturated heterocycles. The van der Waals surface area contributed by atoms with E-state index in [2.05, 4.69) is 27.0 Å². The molecule has 0 bridgehead atoms. The monoisotopic (exact) mass is 337 g/mol. The van der Waals surface area contributed by atoms with Gasteiger partial charge in [-0.3, -0.25) is 4.79 Å². The maximum Gasteiger partial charge on any atom is 0.224 e. The summed E-state index contributed by atoms with van der Waals surface area (Å²) in [4.78, 5) is 16.3. The minimum Gasteiger partial charge on any atom is -0.355 e. The Morgan fingerprint density at radius 2 is 1.84 bits per heavy atom. The van der Waals surface area contributed by atoms with Crippen LogP contribution in [0.15, 0.2) is 67.0 Å². The third-order valence-electron chi connectivity index (χ3n) is 3.98. The van der Waals surface area contributed by atoms with Crippen LogP contribution in [0, 0.1) is 5.82 Å². The number of amides is 1. The summed E-state index contributed by atoms with van der Waals surface area (Å²) in [6, 6.07) is 16.5. The highest BCUT2D eigenvalue weighted by Crippen LogP contribution is 2.08.